The Morgan fingerprint density at radius 3 is 2.71 bits per heavy atom. The van der Waals surface area contributed by atoms with Crippen molar-refractivity contribution < 1.29 is 4.79 Å². The van der Waals surface area contributed by atoms with Gasteiger partial charge >= 0.3 is 0 Å². The lowest BCUT2D eigenvalue weighted by molar-refractivity contribution is 0.103. The molecule has 3 rings (SSSR count). The third-order valence-electron chi connectivity index (χ3n) is 2.32. The summed E-state index contributed by atoms with van der Waals surface area (Å²) < 4.78 is 0. The molecule has 0 aliphatic heterocycles. The van der Waals surface area contributed by atoms with Crippen LogP contribution in [0.4, 0.5) is 0 Å². The fourth-order valence-electron chi connectivity index (χ4n) is 1.52. The van der Waals surface area contributed by atoms with Crippen molar-refractivity contribution in [1.82, 2.24) is 9.97 Å². The number of hydrogen-bond donors (Lipinski definition) is 1. The van der Waals surface area contributed by atoms with Gasteiger partial charge in [-0.1, -0.05) is 12.1 Å². The molecule has 0 aliphatic rings. The van der Waals surface area contributed by atoms with Crippen LogP contribution in [0, 0.1) is 0 Å². The average molecular weight is 260 g/mol. The van der Waals surface area contributed by atoms with E-state index in [1.807, 2.05) is 29.0 Å². The smallest absolute Gasteiger partial charge is 0.238 e. The third-order valence-corrected chi connectivity index (χ3v) is 4.09. The molecule has 0 saturated carbocycles. The van der Waals surface area contributed by atoms with Crippen LogP contribution in [0.5, 0.6) is 0 Å². The van der Waals surface area contributed by atoms with E-state index < -0.39 is 0 Å². The van der Waals surface area contributed by atoms with Crippen LogP contribution in [0.15, 0.2) is 41.2 Å². The zero-order valence-electron chi connectivity index (χ0n) is 8.71. The number of aromatic nitrogens is 2. The molecule has 0 aliphatic carbocycles. The van der Waals surface area contributed by atoms with Crippen molar-refractivity contribution in [2.24, 2.45) is 0 Å². The molecule has 0 bridgehead atoms. The van der Waals surface area contributed by atoms with Crippen molar-refractivity contribution >= 4 is 28.5 Å². The largest absolute Gasteiger partial charge is 0.334 e. The maximum atomic E-state index is 12.0. The molecule has 0 spiro atoms. The van der Waals surface area contributed by atoms with Crippen molar-refractivity contribution in [3.8, 4) is 10.6 Å². The first-order valence-corrected chi connectivity index (χ1v) is 6.77. The molecule has 0 atom stereocenters. The van der Waals surface area contributed by atoms with Crippen LogP contribution >= 0.6 is 22.7 Å². The van der Waals surface area contributed by atoms with E-state index in [2.05, 4.69) is 9.97 Å². The van der Waals surface area contributed by atoms with E-state index in [1.165, 1.54) is 11.3 Å². The van der Waals surface area contributed by atoms with Gasteiger partial charge in [0.2, 0.25) is 5.78 Å². The molecule has 0 amide bonds. The summed E-state index contributed by atoms with van der Waals surface area (Å²) in [4.78, 5) is 21.0. The Kier molecular flexibility index (Phi) is 2.62. The molecule has 3 nitrogen and oxygen atoms in total. The predicted octanol–water partition coefficient (Wildman–Crippen LogP) is 3.43. The van der Waals surface area contributed by atoms with E-state index in [-0.39, 0.29) is 5.78 Å². The van der Waals surface area contributed by atoms with E-state index in [9.17, 15) is 4.79 Å². The van der Waals surface area contributed by atoms with Gasteiger partial charge in [0, 0.05) is 0 Å². The lowest BCUT2D eigenvalue weighted by Crippen LogP contribution is -2.00. The van der Waals surface area contributed by atoms with E-state index in [4.69, 9.17) is 0 Å². The van der Waals surface area contributed by atoms with Crippen LogP contribution in [0.25, 0.3) is 10.6 Å². The van der Waals surface area contributed by atoms with Crippen molar-refractivity contribution in [2.45, 2.75) is 0 Å². The Labute approximate surface area is 106 Å². The summed E-state index contributed by atoms with van der Waals surface area (Å²) in [6.07, 6.45) is 1.70. The van der Waals surface area contributed by atoms with Crippen LogP contribution < -0.4 is 0 Å². The average Bonchev–Trinajstić information content (AvgIpc) is 3.09. The van der Waals surface area contributed by atoms with Crippen LogP contribution in [-0.2, 0) is 0 Å². The first-order valence-electron chi connectivity index (χ1n) is 5.01. The quantitative estimate of drug-likeness (QED) is 0.733. The second-order valence-electron chi connectivity index (χ2n) is 3.43. The summed E-state index contributed by atoms with van der Waals surface area (Å²) in [7, 11) is 0. The zero-order chi connectivity index (χ0) is 11.7. The Bertz CT molecular complexity index is 623. The summed E-state index contributed by atoms with van der Waals surface area (Å²) in [6, 6.07) is 7.64. The minimum absolute atomic E-state index is 0.0530. The highest BCUT2D eigenvalue weighted by molar-refractivity contribution is 7.13. The predicted molar refractivity (Wildman–Crippen MR) is 69.7 cm³/mol. The van der Waals surface area contributed by atoms with Crippen molar-refractivity contribution in [1.29, 1.82) is 0 Å². The van der Waals surface area contributed by atoms with Crippen molar-refractivity contribution in [2.75, 3.05) is 0 Å². The number of thiophene rings is 2. The van der Waals surface area contributed by atoms with Gasteiger partial charge in [-0.25, -0.2) is 4.98 Å². The molecule has 3 aromatic rings. The topological polar surface area (TPSA) is 45.8 Å². The molecule has 0 fully saturated rings. The van der Waals surface area contributed by atoms with E-state index in [0.717, 1.165) is 10.6 Å². The lowest BCUT2D eigenvalue weighted by Gasteiger charge is -1.92. The molecule has 0 saturated heterocycles. The number of carbonyl (C=O) groups excluding carboxylic acids is 1. The molecule has 17 heavy (non-hydrogen) atoms. The van der Waals surface area contributed by atoms with Crippen LogP contribution in [0.1, 0.15) is 15.5 Å². The molecule has 0 radical (unpaired) electrons. The molecule has 84 valence electrons. The van der Waals surface area contributed by atoms with Gasteiger partial charge in [-0.05, 0) is 22.9 Å². The van der Waals surface area contributed by atoms with Crippen molar-refractivity contribution in [3.05, 3.63) is 51.9 Å². The summed E-state index contributed by atoms with van der Waals surface area (Å²) in [5, 5.41) is 3.88. The molecule has 5 heteroatoms. The Morgan fingerprint density at radius 2 is 2.00 bits per heavy atom. The van der Waals surface area contributed by atoms with Gasteiger partial charge in [-0.15, -0.1) is 22.7 Å². The van der Waals surface area contributed by atoms with E-state index in [1.54, 1.807) is 23.6 Å². The second-order valence-corrected chi connectivity index (χ2v) is 5.32. The molecule has 3 heterocycles. The first-order chi connectivity index (χ1) is 8.34. The van der Waals surface area contributed by atoms with Crippen LogP contribution in [0.2, 0.25) is 0 Å². The Balaban J connectivity index is 1.93. The Hall–Kier alpha value is -1.72. The molecule has 3 aromatic heterocycles. The monoisotopic (exact) mass is 260 g/mol. The summed E-state index contributed by atoms with van der Waals surface area (Å²) in [6.45, 7) is 0. The number of ketones is 1. The highest BCUT2D eigenvalue weighted by atomic mass is 32.1. The van der Waals surface area contributed by atoms with Gasteiger partial charge in [-0.2, -0.15) is 0 Å². The summed E-state index contributed by atoms with van der Waals surface area (Å²) in [5.74, 6) is 0.346. The number of nitrogens with one attached hydrogen (secondary N) is 1. The minimum Gasteiger partial charge on any atom is -0.334 e. The molecule has 0 unspecified atom stereocenters. The first kappa shape index (κ1) is 10.4. The fraction of sp³-hybridized carbons (Fsp3) is 0. The number of carbonyl (C=O) groups is 1. The van der Waals surface area contributed by atoms with Gasteiger partial charge in [0.05, 0.1) is 21.6 Å². The van der Waals surface area contributed by atoms with Gasteiger partial charge < -0.3 is 4.98 Å². The fourth-order valence-corrected chi connectivity index (χ4v) is 2.87. The Morgan fingerprint density at radius 1 is 1.18 bits per heavy atom. The van der Waals surface area contributed by atoms with Crippen LogP contribution in [-0.4, -0.2) is 15.8 Å². The van der Waals surface area contributed by atoms with Gasteiger partial charge in [0.25, 0.3) is 0 Å². The molecular weight excluding hydrogens is 252 g/mol. The van der Waals surface area contributed by atoms with Gasteiger partial charge in [-0.3, -0.25) is 4.79 Å². The SMILES string of the molecule is O=C(c1ncc(-c2cccs2)[nH]1)c1cccs1. The summed E-state index contributed by atoms with van der Waals surface area (Å²) >= 11 is 3.04. The molecule has 1 N–H and O–H groups in total. The van der Waals surface area contributed by atoms with E-state index in [0.29, 0.717) is 10.7 Å². The number of imidazole rings is 1. The molecular formula is C12H8N2OS2. The third kappa shape index (κ3) is 1.94. The number of H-pyrrole nitrogens is 1. The summed E-state index contributed by atoms with van der Waals surface area (Å²) in [5.41, 5.74) is 0.889. The minimum atomic E-state index is -0.0530. The number of aromatic amines is 1. The maximum absolute atomic E-state index is 12.0. The lowest BCUT2D eigenvalue weighted by atomic mass is 10.3. The van der Waals surface area contributed by atoms with Gasteiger partial charge in [0.15, 0.2) is 5.82 Å². The van der Waals surface area contributed by atoms with E-state index >= 15 is 0 Å². The highest BCUT2D eigenvalue weighted by Gasteiger charge is 2.14. The van der Waals surface area contributed by atoms with Crippen molar-refractivity contribution in [3.63, 3.8) is 0 Å². The number of hydrogen-bond acceptors (Lipinski definition) is 4. The molecule has 0 aromatic carbocycles. The number of nitrogens with zero attached hydrogens (tertiary/aromatic N) is 1. The van der Waals surface area contributed by atoms with Gasteiger partial charge in [0.1, 0.15) is 0 Å². The zero-order valence-corrected chi connectivity index (χ0v) is 10.3. The standard InChI is InChI=1S/C12H8N2OS2/c15-11(10-4-2-6-17-10)12-13-7-8(14-12)9-3-1-5-16-9/h1-7H,(H,13,14). The van der Waals surface area contributed by atoms with Crippen LogP contribution in [0.3, 0.4) is 0 Å². The highest BCUT2D eigenvalue weighted by Crippen LogP contribution is 2.23. The normalized spacial score (nSPS) is 10.6. The number of rotatable bonds is 3. The maximum Gasteiger partial charge on any atom is 0.238 e. The second kappa shape index (κ2) is 4.27.